The van der Waals surface area contributed by atoms with Gasteiger partial charge in [0.05, 0.1) is 0 Å². The second-order valence-electron chi connectivity index (χ2n) is 5.24. The van der Waals surface area contributed by atoms with E-state index < -0.39 is 10.8 Å². The van der Waals surface area contributed by atoms with Crippen LogP contribution < -0.4 is 10.6 Å². The normalized spacial score (nSPS) is 19.7. The van der Waals surface area contributed by atoms with E-state index in [0.29, 0.717) is 5.56 Å². The summed E-state index contributed by atoms with van der Waals surface area (Å²) in [5.74, 6) is -0.0576. The molecule has 0 aliphatic carbocycles. The number of hydrogen-bond acceptors (Lipinski definition) is 3. The first-order valence-corrected chi connectivity index (χ1v) is 8.03. The highest BCUT2D eigenvalue weighted by molar-refractivity contribution is 7.84. The van der Waals surface area contributed by atoms with Crippen molar-refractivity contribution in [2.45, 2.75) is 30.2 Å². The van der Waals surface area contributed by atoms with Crippen LogP contribution in [-0.2, 0) is 10.8 Å². The van der Waals surface area contributed by atoms with E-state index in [2.05, 4.69) is 17.6 Å². The van der Waals surface area contributed by atoms with Gasteiger partial charge in [0.25, 0.3) is 5.91 Å². The minimum absolute atomic E-state index is 0.0576. The molecule has 1 fully saturated rings. The van der Waals surface area contributed by atoms with Crippen molar-refractivity contribution in [3.8, 4) is 0 Å². The van der Waals surface area contributed by atoms with E-state index in [1.807, 2.05) is 0 Å². The van der Waals surface area contributed by atoms with E-state index in [1.54, 1.807) is 30.5 Å². The summed E-state index contributed by atoms with van der Waals surface area (Å²) < 4.78 is 11.3. The Bertz CT molecular complexity index is 479. The summed E-state index contributed by atoms with van der Waals surface area (Å²) in [6.45, 7) is 3.95. The molecule has 104 valence electrons. The van der Waals surface area contributed by atoms with Crippen LogP contribution in [0.4, 0.5) is 0 Å². The molecule has 1 heterocycles. The molecule has 1 atom stereocenters. The van der Waals surface area contributed by atoms with Crippen molar-refractivity contribution in [1.29, 1.82) is 0 Å². The summed E-state index contributed by atoms with van der Waals surface area (Å²) in [4.78, 5) is 12.9. The molecular weight excluding hydrogens is 260 g/mol. The van der Waals surface area contributed by atoms with Gasteiger partial charge in [-0.1, -0.05) is 0 Å². The predicted octanol–water partition coefficient (Wildman–Crippen LogP) is 1.30. The maximum absolute atomic E-state index is 12.2. The van der Waals surface area contributed by atoms with Crippen molar-refractivity contribution in [2.75, 3.05) is 19.3 Å². The lowest BCUT2D eigenvalue weighted by Crippen LogP contribution is -2.52. The highest BCUT2D eigenvalue weighted by Gasteiger charge is 2.28. The molecule has 1 aliphatic rings. The molecule has 1 aromatic rings. The van der Waals surface area contributed by atoms with Gasteiger partial charge in [0.2, 0.25) is 0 Å². The van der Waals surface area contributed by atoms with Crippen molar-refractivity contribution in [1.82, 2.24) is 10.6 Å². The molecule has 0 saturated carbocycles. The Morgan fingerprint density at radius 1 is 1.26 bits per heavy atom. The third-order valence-electron chi connectivity index (χ3n) is 3.57. The molecular formula is C14H20N2O2S. The SMILES string of the molecule is CS(=O)c1ccc(C(=O)NC2(C)CCNCC2)cc1. The number of carbonyl (C=O) groups excluding carboxylic acids is 1. The van der Waals surface area contributed by atoms with Crippen molar-refractivity contribution >= 4 is 16.7 Å². The van der Waals surface area contributed by atoms with E-state index >= 15 is 0 Å². The molecule has 1 amide bonds. The van der Waals surface area contributed by atoms with Gasteiger partial charge in [-0.05, 0) is 57.1 Å². The molecule has 0 spiro atoms. The fourth-order valence-corrected chi connectivity index (χ4v) is 2.77. The van der Waals surface area contributed by atoms with Crippen molar-refractivity contribution in [3.63, 3.8) is 0 Å². The number of hydrogen-bond donors (Lipinski definition) is 2. The van der Waals surface area contributed by atoms with E-state index in [-0.39, 0.29) is 11.4 Å². The zero-order valence-corrected chi connectivity index (χ0v) is 12.2. The smallest absolute Gasteiger partial charge is 0.251 e. The van der Waals surface area contributed by atoms with E-state index in [0.717, 1.165) is 30.8 Å². The summed E-state index contributed by atoms with van der Waals surface area (Å²) in [6, 6.07) is 6.96. The van der Waals surface area contributed by atoms with Crippen molar-refractivity contribution in [2.24, 2.45) is 0 Å². The van der Waals surface area contributed by atoms with Gasteiger partial charge in [0.1, 0.15) is 0 Å². The lowest BCUT2D eigenvalue weighted by Gasteiger charge is -2.35. The maximum atomic E-state index is 12.2. The van der Waals surface area contributed by atoms with Crippen LogP contribution in [0, 0.1) is 0 Å². The first-order valence-electron chi connectivity index (χ1n) is 6.47. The number of rotatable bonds is 3. The molecule has 1 aromatic carbocycles. The first-order chi connectivity index (χ1) is 9.00. The van der Waals surface area contributed by atoms with Crippen LogP contribution in [0.3, 0.4) is 0 Å². The van der Waals surface area contributed by atoms with Gasteiger partial charge in [-0.25, -0.2) is 0 Å². The zero-order valence-electron chi connectivity index (χ0n) is 11.4. The molecule has 0 bridgehead atoms. The number of nitrogens with one attached hydrogen (secondary N) is 2. The maximum Gasteiger partial charge on any atom is 0.251 e. The molecule has 2 rings (SSSR count). The van der Waals surface area contributed by atoms with Crippen LogP contribution in [0.2, 0.25) is 0 Å². The Hall–Kier alpha value is -1.20. The minimum atomic E-state index is -1.00. The average molecular weight is 280 g/mol. The quantitative estimate of drug-likeness (QED) is 0.877. The number of amides is 1. The average Bonchev–Trinajstić information content (AvgIpc) is 2.39. The summed E-state index contributed by atoms with van der Waals surface area (Å²) in [5.41, 5.74) is 0.489. The van der Waals surface area contributed by atoms with Gasteiger partial charge in [-0.3, -0.25) is 9.00 Å². The van der Waals surface area contributed by atoms with Gasteiger partial charge < -0.3 is 10.6 Å². The zero-order chi connectivity index (χ0) is 13.9. The highest BCUT2D eigenvalue weighted by Crippen LogP contribution is 2.18. The predicted molar refractivity (Wildman–Crippen MR) is 76.7 cm³/mol. The second-order valence-corrected chi connectivity index (χ2v) is 6.62. The fourth-order valence-electron chi connectivity index (χ4n) is 2.25. The van der Waals surface area contributed by atoms with Crippen LogP contribution in [0.15, 0.2) is 29.2 Å². The second kappa shape index (κ2) is 5.84. The van der Waals surface area contributed by atoms with E-state index in [9.17, 15) is 9.00 Å². The Morgan fingerprint density at radius 3 is 2.37 bits per heavy atom. The monoisotopic (exact) mass is 280 g/mol. The molecule has 5 heteroatoms. The molecule has 2 N–H and O–H groups in total. The number of piperidine rings is 1. The Kier molecular flexibility index (Phi) is 4.37. The van der Waals surface area contributed by atoms with E-state index in [4.69, 9.17) is 0 Å². The van der Waals surface area contributed by atoms with Gasteiger partial charge in [-0.15, -0.1) is 0 Å². The third kappa shape index (κ3) is 3.64. The molecule has 1 saturated heterocycles. The molecule has 19 heavy (non-hydrogen) atoms. The van der Waals surface area contributed by atoms with Gasteiger partial charge in [-0.2, -0.15) is 0 Å². The fraction of sp³-hybridized carbons (Fsp3) is 0.500. The van der Waals surface area contributed by atoms with Gasteiger partial charge in [0, 0.05) is 33.1 Å². The molecule has 0 radical (unpaired) electrons. The standard InChI is InChI=1S/C14H20N2O2S/c1-14(7-9-15-10-8-14)16-13(17)11-3-5-12(6-4-11)19(2)18/h3-6,15H,7-10H2,1-2H3,(H,16,17). The van der Waals surface area contributed by atoms with Crippen molar-refractivity contribution < 1.29 is 9.00 Å². The molecule has 4 nitrogen and oxygen atoms in total. The summed E-state index contributed by atoms with van der Waals surface area (Å²) in [5, 5.41) is 6.39. The summed E-state index contributed by atoms with van der Waals surface area (Å²) >= 11 is 0. The Morgan fingerprint density at radius 2 is 1.84 bits per heavy atom. The van der Waals surface area contributed by atoms with Crippen molar-refractivity contribution in [3.05, 3.63) is 29.8 Å². The number of carbonyl (C=O) groups is 1. The first kappa shape index (κ1) is 14.2. The minimum Gasteiger partial charge on any atom is -0.347 e. The van der Waals surface area contributed by atoms with Gasteiger partial charge in [0.15, 0.2) is 0 Å². The summed E-state index contributed by atoms with van der Waals surface area (Å²) in [7, 11) is -1.00. The number of benzene rings is 1. The highest BCUT2D eigenvalue weighted by atomic mass is 32.2. The lowest BCUT2D eigenvalue weighted by atomic mass is 9.90. The molecule has 1 aliphatic heterocycles. The molecule has 1 unspecified atom stereocenters. The van der Waals surface area contributed by atoms with Gasteiger partial charge >= 0.3 is 0 Å². The van der Waals surface area contributed by atoms with Crippen LogP contribution in [0.1, 0.15) is 30.1 Å². The summed E-state index contributed by atoms with van der Waals surface area (Å²) in [6.07, 6.45) is 3.51. The third-order valence-corrected chi connectivity index (χ3v) is 4.51. The van der Waals surface area contributed by atoms with Crippen LogP contribution in [0.5, 0.6) is 0 Å². The lowest BCUT2D eigenvalue weighted by molar-refractivity contribution is 0.0887. The topological polar surface area (TPSA) is 58.2 Å². The molecule has 0 aromatic heterocycles. The van der Waals surface area contributed by atoms with Crippen LogP contribution in [0.25, 0.3) is 0 Å². The Labute approximate surface area is 116 Å². The van der Waals surface area contributed by atoms with Crippen LogP contribution >= 0.6 is 0 Å². The van der Waals surface area contributed by atoms with Crippen LogP contribution in [-0.4, -0.2) is 35.0 Å². The van der Waals surface area contributed by atoms with E-state index in [1.165, 1.54) is 0 Å². The largest absolute Gasteiger partial charge is 0.347 e. The Balaban J connectivity index is 2.05.